The van der Waals surface area contributed by atoms with Gasteiger partial charge in [0.05, 0.1) is 12.2 Å². The molecule has 0 spiro atoms. The van der Waals surface area contributed by atoms with Crippen LogP contribution in [0.25, 0.3) is 0 Å². The van der Waals surface area contributed by atoms with Crippen LogP contribution in [0.2, 0.25) is 0 Å². The van der Waals surface area contributed by atoms with E-state index in [-0.39, 0.29) is 24.7 Å². The van der Waals surface area contributed by atoms with E-state index in [1.807, 2.05) is 20.8 Å². The molecule has 0 saturated carbocycles. The second-order valence-corrected chi connectivity index (χ2v) is 5.74. The molecule has 5 nitrogen and oxygen atoms in total. The lowest BCUT2D eigenvalue weighted by Crippen LogP contribution is -2.47. The van der Waals surface area contributed by atoms with Crippen molar-refractivity contribution in [2.24, 2.45) is 0 Å². The van der Waals surface area contributed by atoms with Gasteiger partial charge in [-0.1, -0.05) is 0 Å². The van der Waals surface area contributed by atoms with Crippen molar-refractivity contribution in [3.8, 4) is 5.75 Å². The largest absolute Gasteiger partial charge is 0.491 e. The molecular weight excluding hydrogens is 270 g/mol. The summed E-state index contributed by atoms with van der Waals surface area (Å²) in [6.45, 7) is 6.43. The quantitative estimate of drug-likeness (QED) is 0.868. The number of carbonyl (C=O) groups excluding carboxylic acids is 1. The molecule has 1 aromatic carbocycles. The zero-order valence-corrected chi connectivity index (χ0v) is 12.8. The van der Waals surface area contributed by atoms with Gasteiger partial charge < -0.3 is 19.9 Å². The molecule has 0 radical (unpaired) electrons. The first-order valence-electron chi connectivity index (χ1n) is 7.29. The summed E-state index contributed by atoms with van der Waals surface area (Å²) in [5, 5.41) is 13.1. The predicted octanol–water partition coefficient (Wildman–Crippen LogP) is 1.74. The van der Waals surface area contributed by atoms with E-state index in [0.29, 0.717) is 18.6 Å². The minimum Gasteiger partial charge on any atom is -0.491 e. The van der Waals surface area contributed by atoms with Crippen molar-refractivity contribution in [3.63, 3.8) is 0 Å². The summed E-state index contributed by atoms with van der Waals surface area (Å²) < 4.78 is 10.9. The fraction of sp³-hybridized carbons (Fsp3) is 0.562. The maximum absolute atomic E-state index is 12.1. The summed E-state index contributed by atoms with van der Waals surface area (Å²) in [4.78, 5) is 12.1. The summed E-state index contributed by atoms with van der Waals surface area (Å²) in [7, 11) is 0. The third kappa shape index (κ3) is 3.95. The number of nitrogens with one attached hydrogen (secondary N) is 1. The highest BCUT2D eigenvalue weighted by atomic mass is 16.5. The van der Waals surface area contributed by atoms with Crippen LogP contribution in [-0.4, -0.2) is 42.0 Å². The number of aliphatic hydroxyl groups is 1. The maximum atomic E-state index is 12.1. The molecule has 2 unspecified atom stereocenters. The van der Waals surface area contributed by atoms with Crippen LogP contribution in [0.3, 0.4) is 0 Å². The molecule has 1 aromatic rings. The van der Waals surface area contributed by atoms with Crippen molar-refractivity contribution in [1.82, 2.24) is 5.32 Å². The fourth-order valence-corrected chi connectivity index (χ4v) is 2.30. The second-order valence-electron chi connectivity index (χ2n) is 5.74. The Morgan fingerprint density at radius 1 is 1.48 bits per heavy atom. The normalized spacial score (nSPS) is 25.1. The zero-order chi connectivity index (χ0) is 15.5. The lowest BCUT2D eigenvalue weighted by molar-refractivity contribution is -0.0251. The highest BCUT2D eigenvalue weighted by molar-refractivity contribution is 5.94. The van der Waals surface area contributed by atoms with Gasteiger partial charge in [-0.3, -0.25) is 4.79 Å². The third-order valence-electron chi connectivity index (χ3n) is 3.70. The van der Waals surface area contributed by atoms with Crippen LogP contribution in [0.15, 0.2) is 24.3 Å². The first kappa shape index (κ1) is 15.8. The molecular formula is C16H23NO4. The van der Waals surface area contributed by atoms with E-state index >= 15 is 0 Å². The molecule has 1 heterocycles. The second kappa shape index (κ2) is 6.45. The summed E-state index contributed by atoms with van der Waals surface area (Å²) >= 11 is 0. The Balaban J connectivity index is 1.91. The summed E-state index contributed by atoms with van der Waals surface area (Å²) in [6, 6.07) is 6.97. The monoisotopic (exact) mass is 293 g/mol. The minimum atomic E-state index is -0.976. The highest BCUT2D eigenvalue weighted by Crippen LogP contribution is 2.24. The Labute approximate surface area is 125 Å². The topological polar surface area (TPSA) is 67.8 Å². The van der Waals surface area contributed by atoms with Gasteiger partial charge in [-0.05, 0) is 45.0 Å². The molecule has 0 aromatic heterocycles. The summed E-state index contributed by atoms with van der Waals surface area (Å²) in [5.74, 6) is 0.525. The zero-order valence-electron chi connectivity index (χ0n) is 12.8. The molecule has 2 rings (SSSR count). The molecule has 116 valence electrons. The van der Waals surface area contributed by atoms with Gasteiger partial charge in [-0.25, -0.2) is 0 Å². The lowest BCUT2D eigenvalue weighted by Gasteiger charge is -2.26. The van der Waals surface area contributed by atoms with Crippen LogP contribution < -0.4 is 10.1 Å². The average Bonchev–Trinajstić information content (AvgIpc) is 2.77. The van der Waals surface area contributed by atoms with E-state index in [1.165, 1.54) is 0 Å². The maximum Gasteiger partial charge on any atom is 0.251 e. The van der Waals surface area contributed by atoms with Crippen molar-refractivity contribution < 1.29 is 19.4 Å². The van der Waals surface area contributed by atoms with Crippen LogP contribution >= 0.6 is 0 Å². The first-order valence-corrected chi connectivity index (χ1v) is 7.29. The van der Waals surface area contributed by atoms with E-state index < -0.39 is 5.60 Å². The van der Waals surface area contributed by atoms with Gasteiger partial charge in [0.15, 0.2) is 0 Å². The Morgan fingerprint density at radius 2 is 2.14 bits per heavy atom. The third-order valence-corrected chi connectivity index (χ3v) is 3.70. The standard InChI is InChI=1S/C16H23NO4/c1-11(2)21-14-6-4-13(5-7-14)15(18)17-10-16(19)8-9-20-12(16)3/h4-7,11-12,19H,8-10H2,1-3H3,(H,17,18). The van der Waals surface area contributed by atoms with E-state index in [2.05, 4.69) is 5.32 Å². The first-order chi connectivity index (χ1) is 9.90. The van der Waals surface area contributed by atoms with Gasteiger partial charge in [0, 0.05) is 25.1 Å². The van der Waals surface area contributed by atoms with E-state index in [4.69, 9.17) is 9.47 Å². The van der Waals surface area contributed by atoms with Gasteiger partial charge in [0.25, 0.3) is 5.91 Å². The average molecular weight is 293 g/mol. The van der Waals surface area contributed by atoms with Crippen LogP contribution in [0.1, 0.15) is 37.6 Å². The highest BCUT2D eigenvalue weighted by Gasteiger charge is 2.39. The van der Waals surface area contributed by atoms with Crippen LogP contribution in [-0.2, 0) is 4.74 Å². The molecule has 2 atom stereocenters. The molecule has 1 fully saturated rings. The minimum absolute atomic E-state index is 0.0998. The molecule has 0 bridgehead atoms. The number of ether oxygens (including phenoxy) is 2. The van der Waals surface area contributed by atoms with Crippen molar-refractivity contribution >= 4 is 5.91 Å². The van der Waals surface area contributed by atoms with Crippen molar-refractivity contribution in [2.45, 2.75) is 45.0 Å². The smallest absolute Gasteiger partial charge is 0.251 e. The molecule has 0 aliphatic carbocycles. The van der Waals surface area contributed by atoms with Crippen LogP contribution in [0.5, 0.6) is 5.75 Å². The van der Waals surface area contributed by atoms with E-state index in [9.17, 15) is 9.90 Å². The van der Waals surface area contributed by atoms with Gasteiger partial charge in [-0.15, -0.1) is 0 Å². The molecule has 2 N–H and O–H groups in total. The summed E-state index contributed by atoms with van der Waals surface area (Å²) in [6.07, 6.45) is 0.373. The molecule has 5 heteroatoms. The Kier molecular flexibility index (Phi) is 4.85. The number of benzene rings is 1. The van der Waals surface area contributed by atoms with Crippen LogP contribution in [0, 0.1) is 0 Å². The van der Waals surface area contributed by atoms with Crippen molar-refractivity contribution in [2.75, 3.05) is 13.2 Å². The van der Waals surface area contributed by atoms with E-state index in [0.717, 1.165) is 5.75 Å². The predicted molar refractivity (Wildman–Crippen MR) is 79.5 cm³/mol. The lowest BCUT2D eigenvalue weighted by atomic mass is 9.96. The van der Waals surface area contributed by atoms with Gasteiger partial charge >= 0.3 is 0 Å². The Hall–Kier alpha value is -1.59. The Bertz CT molecular complexity index is 486. The molecule has 1 amide bonds. The molecule has 1 saturated heterocycles. The fourth-order valence-electron chi connectivity index (χ4n) is 2.30. The van der Waals surface area contributed by atoms with E-state index in [1.54, 1.807) is 24.3 Å². The molecule has 1 aliphatic heterocycles. The number of amides is 1. The number of hydrogen-bond donors (Lipinski definition) is 2. The number of carbonyl (C=O) groups is 1. The number of rotatable bonds is 5. The molecule has 1 aliphatic rings. The summed E-state index contributed by atoms with van der Waals surface area (Å²) in [5.41, 5.74) is -0.433. The SMILES string of the molecule is CC(C)Oc1ccc(C(=O)NCC2(O)CCOC2C)cc1. The van der Waals surface area contributed by atoms with Crippen LogP contribution in [0.4, 0.5) is 0 Å². The molecule has 21 heavy (non-hydrogen) atoms. The van der Waals surface area contributed by atoms with Gasteiger partial charge in [0.2, 0.25) is 0 Å². The Morgan fingerprint density at radius 3 is 2.67 bits per heavy atom. The van der Waals surface area contributed by atoms with Gasteiger partial charge in [-0.2, -0.15) is 0 Å². The van der Waals surface area contributed by atoms with Crippen molar-refractivity contribution in [3.05, 3.63) is 29.8 Å². The number of hydrogen-bond acceptors (Lipinski definition) is 4. The van der Waals surface area contributed by atoms with Gasteiger partial charge in [0.1, 0.15) is 11.4 Å². The van der Waals surface area contributed by atoms with Crippen molar-refractivity contribution in [1.29, 1.82) is 0 Å².